The highest BCUT2D eigenvalue weighted by Gasteiger charge is 2.15. The molecular weight excluding hydrogens is 364 g/mol. The number of piperazine rings is 1. The minimum atomic E-state index is -0.354. The highest BCUT2D eigenvalue weighted by Crippen LogP contribution is 2.26. The number of anilines is 1. The molecule has 0 spiro atoms. The van der Waals surface area contributed by atoms with Crippen molar-refractivity contribution in [3.05, 3.63) is 64.3 Å². The van der Waals surface area contributed by atoms with Crippen LogP contribution < -0.4 is 15.8 Å². The van der Waals surface area contributed by atoms with E-state index < -0.39 is 0 Å². The lowest BCUT2D eigenvalue weighted by atomic mass is 10.1. The van der Waals surface area contributed by atoms with Crippen LogP contribution in [0.25, 0.3) is 27.9 Å². The van der Waals surface area contributed by atoms with Crippen molar-refractivity contribution in [3.8, 4) is 11.3 Å². The number of fused-ring (bicyclic) bond motifs is 2. The highest BCUT2D eigenvalue weighted by atomic mass is 16.4. The first-order chi connectivity index (χ1) is 14.1. The van der Waals surface area contributed by atoms with Crippen molar-refractivity contribution in [1.29, 1.82) is 0 Å². The molecule has 29 heavy (non-hydrogen) atoms. The van der Waals surface area contributed by atoms with E-state index in [1.807, 2.05) is 35.0 Å². The Hall–Kier alpha value is -3.12. The van der Waals surface area contributed by atoms with Crippen molar-refractivity contribution < 1.29 is 4.42 Å². The van der Waals surface area contributed by atoms with Crippen LogP contribution in [-0.2, 0) is 6.42 Å². The Labute approximate surface area is 168 Å². The molecule has 1 aliphatic rings. The van der Waals surface area contributed by atoms with E-state index in [-0.39, 0.29) is 5.63 Å². The molecule has 148 valence electrons. The first kappa shape index (κ1) is 17.9. The number of hydrogen-bond acceptors (Lipinski definition) is 5. The Bertz CT molecular complexity index is 1270. The number of hydrogen-bond donors (Lipinski definition) is 1. The Kier molecular flexibility index (Phi) is 4.36. The van der Waals surface area contributed by atoms with Gasteiger partial charge in [-0.1, -0.05) is 13.0 Å². The lowest BCUT2D eigenvalue weighted by molar-refractivity contribution is 0.561. The number of rotatable bonds is 3. The fourth-order valence-electron chi connectivity index (χ4n) is 4.11. The van der Waals surface area contributed by atoms with Gasteiger partial charge < -0.3 is 19.0 Å². The molecule has 0 radical (unpaired) electrons. The van der Waals surface area contributed by atoms with Gasteiger partial charge in [-0.05, 0) is 42.7 Å². The zero-order valence-corrected chi connectivity index (χ0v) is 16.7. The van der Waals surface area contributed by atoms with E-state index >= 15 is 0 Å². The molecule has 1 aliphatic heterocycles. The van der Waals surface area contributed by atoms with Gasteiger partial charge in [0, 0.05) is 55.7 Å². The molecule has 1 aromatic carbocycles. The van der Waals surface area contributed by atoms with Gasteiger partial charge in [0.25, 0.3) is 0 Å². The summed E-state index contributed by atoms with van der Waals surface area (Å²) in [6.07, 6.45) is 4.84. The molecule has 5 rings (SSSR count). The molecule has 1 N–H and O–H groups in total. The molecular formula is C23H24N4O2. The monoisotopic (exact) mass is 388 g/mol. The van der Waals surface area contributed by atoms with Crippen LogP contribution >= 0.6 is 0 Å². The van der Waals surface area contributed by atoms with E-state index in [9.17, 15) is 4.79 Å². The molecule has 1 fully saturated rings. The Balaban J connectivity index is 1.59. The Morgan fingerprint density at radius 2 is 1.97 bits per heavy atom. The van der Waals surface area contributed by atoms with Crippen molar-refractivity contribution in [2.75, 3.05) is 31.1 Å². The predicted molar refractivity (Wildman–Crippen MR) is 116 cm³/mol. The zero-order valence-electron chi connectivity index (χ0n) is 16.7. The SMILES string of the molecule is CCc1cc(C)cn2cc(-c3cc4ccc(N5CCNCC5)cc4oc3=O)nc12. The van der Waals surface area contributed by atoms with Gasteiger partial charge in [-0.3, -0.25) is 0 Å². The lowest BCUT2D eigenvalue weighted by Gasteiger charge is -2.29. The van der Waals surface area contributed by atoms with E-state index in [0.29, 0.717) is 16.8 Å². The van der Waals surface area contributed by atoms with Crippen LogP contribution in [0.15, 0.2) is 51.9 Å². The minimum Gasteiger partial charge on any atom is -0.422 e. The van der Waals surface area contributed by atoms with E-state index in [1.54, 1.807) is 0 Å². The van der Waals surface area contributed by atoms with Crippen LogP contribution in [0.4, 0.5) is 5.69 Å². The van der Waals surface area contributed by atoms with Crippen molar-refractivity contribution in [2.24, 2.45) is 0 Å². The summed E-state index contributed by atoms with van der Waals surface area (Å²) in [6.45, 7) is 8.02. The summed E-state index contributed by atoms with van der Waals surface area (Å²) in [5.41, 5.74) is 5.72. The second-order valence-electron chi connectivity index (χ2n) is 7.66. The third-order valence-electron chi connectivity index (χ3n) is 5.62. The van der Waals surface area contributed by atoms with Crippen molar-refractivity contribution in [2.45, 2.75) is 20.3 Å². The molecule has 0 unspecified atom stereocenters. The second kappa shape index (κ2) is 7.04. The number of imidazole rings is 1. The van der Waals surface area contributed by atoms with Crippen LogP contribution in [0, 0.1) is 6.92 Å². The van der Waals surface area contributed by atoms with Crippen molar-refractivity contribution in [1.82, 2.24) is 14.7 Å². The predicted octanol–water partition coefficient (Wildman–Crippen LogP) is 3.39. The molecule has 3 aromatic heterocycles. The number of nitrogens with one attached hydrogen (secondary N) is 1. The maximum atomic E-state index is 12.8. The van der Waals surface area contributed by atoms with Crippen LogP contribution in [0.3, 0.4) is 0 Å². The van der Waals surface area contributed by atoms with E-state index in [2.05, 4.69) is 36.2 Å². The van der Waals surface area contributed by atoms with E-state index in [1.165, 1.54) is 11.1 Å². The maximum Gasteiger partial charge on any atom is 0.345 e. The molecule has 1 saturated heterocycles. The summed E-state index contributed by atoms with van der Waals surface area (Å²) in [5, 5.41) is 4.26. The van der Waals surface area contributed by atoms with E-state index in [0.717, 1.165) is 49.3 Å². The van der Waals surface area contributed by atoms with Crippen LogP contribution in [0.2, 0.25) is 0 Å². The fourth-order valence-corrected chi connectivity index (χ4v) is 4.11. The first-order valence-electron chi connectivity index (χ1n) is 10.1. The quantitative estimate of drug-likeness (QED) is 0.545. The minimum absolute atomic E-state index is 0.354. The van der Waals surface area contributed by atoms with E-state index in [4.69, 9.17) is 9.40 Å². The third kappa shape index (κ3) is 3.19. The van der Waals surface area contributed by atoms with Gasteiger partial charge in [0.15, 0.2) is 0 Å². The molecule has 4 heterocycles. The molecule has 0 saturated carbocycles. The number of nitrogens with zero attached hydrogens (tertiary/aromatic N) is 3. The summed E-state index contributed by atoms with van der Waals surface area (Å²) < 4.78 is 7.71. The third-order valence-corrected chi connectivity index (χ3v) is 5.62. The largest absolute Gasteiger partial charge is 0.422 e. The summed E-state index contributed by atoms with van der Waals surface area (Å²) in [7, 11) is 0. The first-order valence-corrected chi connectivity index (χ1v) is 10.1. The fraction of sp³-hybridized carbons (Fsp3) is 0.304. The molecule has 4 aromatic rings. The number of aryl methyl sites for hydroxylation is 2. The zero-order chi connectivity index (χ0) is 20.0. The molecule has 0 amide bonds. The van der Waals surface area contributed by atoms with Gasteiger partial charge in [0.1, 0.15) is 11.2 Å². The topological polar surface area (TPSA) is 62.8 Å². The Morgan fingerprint density at radius 1 is 1.14 bits per heavy atom. The Morgan fingerprint density at radius 3 is 2.76 bits per heavy atom. The van der Waals surface area contributed by atoms with Gasteiger partial charge in [-0.15, -0.1) is 0 Å². The van der Waals surface area contributed by atoms with Gasteiger partial charge >= 0.3 is 5.63 Å². The van der Waals surface area contributed by atoms with Gasteiger partial charge in [0.05, 0.1) is 11.3 Å². The molecule has 6 nitrogen and oxygen atoms in total. The standard InChI is InChI=1S/C23H24N4O2/c1-3-16-10-15(2)13-27-14-20(25-22(16)27)19-11-17-4-5-18(12-21(17)29-23(19)28)26-8-6-24-7-9-26/h4-5,10-14,24H,3,6-9H2,1-2H3. The molecule has 6 heteroatoms. The van der Waals surface area contributed by atoms with Crippen LogP contribution in [0.5, 0.6) is 0 Å². The number of aromatic nitrogens is 2. The average Bonchev–Trinajstić information content (AvgIpc) is 3.16. The van der Waals surface area contributed by atoms with Gasteiger partial charge in [0.2, 0.25) is 0 Å². The number of benzene rings is 1. The molecule has 0 aliphatic carbocycles. The summed E-state index contributed by atoms with van der Waals surface area (Å²) in [4.78, 5) is 19.8. The summed E-state index contributed by atoms with van der Waals surface area (Å²) in [6, 6.07) is 10.1. The van der Waals surface area contributed by atoms with Crippen LogP contribution in [-0.4, -0.2) is 35.6 Å². The van der Waals surface area contributed by atoms with Crippen LogP contribution in [0.1, 0.15) is 18.1 Å². The van der Waals surface area contributed by atoms with Crippen molar-refractivity contribution in [3.63, 3.8) is 0 Å². The second-order valence-corrected chi connectivity index (χ2v) is 7.66. The molecule has 0 bridgehead atoms. The van der Waals surface area contributed by atoms with Crippen molar-refractivity contribution >= 4 is 22.3 Å². The smallest absolute Gasteiger partial charge is 0.345 e. The molecule has 0 atom stereocenters. The highest BCUT2D eigenvalue weighted by molar-refractivity contribution is 5.84. The van der Waals surface area contributed by atoms with Gasteiger partial charge in [-0.25, -0.2) is 9.78 Å². The maximum absolute atomic E-state index is 12.8. The normalized spacial score (nSPS) is 14.8. The average molecular weight is 388 g/mol. The number of pyridine rings is 1. The lowest BCUT2D eigenvalue weighted by Crippen LogP contribution is -2.43. The summed E-state index contributed by atoms with van der Waals surface area (Å²) >= 11 is 0. The van der Waals surface area contributed by atoms with Gasteiger partial charge in [-0.2, -0.15) is 0 Å². The summed E-state index contributed by atoms with van der Waals surface area (Å²) in [5.74, 6) is 0.